The Morgan fingerprint density at radius 1 is 0.828 bits per heavy atom. The van der Waals surface area contributed by atoms with E-state index in [0.29, 0.717) is 10.8 Å². The van der Waals surface area contributed by atoms with Crippen molar-refractivity contribution in [2.24, 2.45) is 0 Å². The predicted octanol–water partition coefficient (Wildman–Crippen LogP) is 6.02. The fraction of sp³-hybridized carbons (Fsp3) is 0.870. The van der Waals surface area contributed by atoms with Crippen LogP contribution in [0.4, 0.5) is 0 Å². The lowest BCUT2D eigenvalue weighted by molar-refractivity contribution is 0.529. The molecule has 0 fully saturated rings. The van der Waals surface area contributed by atoms with Crippen molar-refractivity contribution in [3.63, 3.8) is 0 Å². The van der Waals surface area contributed by atoms with Crippen molar-refractivity contribution in [2.75, 3.05) is 18.1 Å². The topological polar surface area (TPSA) is 58.2 Å². The maximum absolute atomic E-state index is 11.4. The van der Waals surface area contributed by atoms with Gasteiger partial charge in [0.1, 0.15) is 0 Å². The Bertz CT molecular complexity index is 559. The van der Waals surface area contributed by atoms with Crippen molar-refractivity contribution >= 4 is 27.2 Å². The Hall–Kier alpha value is -0.620. The van der Waals surface area contributed by atoms with Crippen molar-refractivity contribution in [1.29, 1.82) is 0 Å². The monoisotopic (exact) mass is 444 g/mol. The minimum atomic E-state index is -2.94. The second-order valence-electron chi connectivity index (χ2n) is 8.47. The first-order valence-electron chi connectivity index (χ1n) is 12.0. The Morgan fingerprint density at radius 3 is 1.69 bits per heavy atom. The van der Waals surface area contributed by atoms with E-state index < -0.39 is 9.84 Å². The highest BCUT2D eigenvalue weighted by atomic mass is 32.2. The highest BCUT2D eigenvalue weighted by Crippen LogP contribution is 2.13. The molecule has 170 valence electrons. The molecule has 1 aliphatic heterocycles. The Kier molecular flexibility index (Phi) is 15.6. The lowest BCUT2D eigenvalue weighted by Gasteiger charge is -2.10. The molecule has 1 aliphatic rings. The van der Waals surface area contributed by atoms with E-state index in [1.807, 2.05) is 0 Å². The summed E-state index contributed by atoms with van der Waals surface area (Å²) in [6, 6.07) is 0. The van der Waals surface area contributed by atoms with E-state index in [1.165, 1.54) is 96.3 Å². The van der Waals surface area contributed by atoms with E-state index in [4.69, 9.17) is 12.2 Å². The summed E-state index contributed by atoms with van der Waals surface area (Å²) in [6.45, 7) is 3.13. The van der Waals surface area contributed by atoms with Gasteiger partial charge >= 0.3 is 0 Å². The summed E-state index contributed by atoms with van der Waals surface area (Å²) in [6.07, 6.45) is 23.6. The summed E-state index contributed by atoms with van der Waals surface area (Å²) in [5.41, 5.74) is 0.703. The van der Waals surface area contributed by atoms with Crippen LogP contribution in [0.5, 0.6) is 0 Å². The fourth-order valence-electron chi connectivity index (χ4n) is 3.73. The molecular formula is C23H44N2O2S2. The van der Waals surface area contributed by atoms with Crippen molar-refractivity contribution in [1.82, 2.24) is 10.6 Å². The molecule has 6 heteroatoms. The van der Waals surface area contributed by atoms with Crippen molar-refractivity contribution in [3.05, 3.63) is 11.8 Å². The average Bonchev–Trinajstić information content (AvgIpc) is 3.02. The fourth-order valence-corrected chi connectivity index (χ4v) is 5.20. The molecule has 0 bridgehead atoms. The SMILES string of the molecule is CCCCCCCCCCCCCCCCCCNC(=S)NC1=CCS(=O)(=O)C1. The Balaban J connectivity index is 1.76. The zero-order chi connectivity index (χ0) is 21.2. The van der Waals surface area contributed by atoms with Gasteiger partial charge in [-0.25, -0.2) is 8.42 Å². The lowest BCUT2D eigenvalue weighted by Crippen LogP contribution is -2.35. The van der Waals surface area contributed by atoms with Gasteiger partial charge in [0.15, 0.2) is 14.9 Å². The molecule has 0 saturated heterocycles. The number of rotatable bonds is 18. The second kappa shape index (κ2) is 17.1. The van der Waals surface area contributed by atoms with E-state index in [2.05, 4.69) is 17.6 Å². The van der Waals surface area contributed by atoms with Crippen LogP contribution in [0.1, 0.15) is 110 Å². The van der Waals surface area contributed by atoms with Crippen LogP contribution in [0, 0.1) is 0 Å². The summed E-state index contributed by atoms with van der Waals surface area (Å²) in [7, 11) is -2.94. The molecule has 0 amide bonds. The second-order valence-corrected chi connectivity index (χ2v) is 11.0. The molecule has 0 aromatic heterocycles. The molecule has 1 rings (SSSR count). The first-order valence-corrected chi connectivity index (χ1v) is 14.2. The number of sulfone groups is 1. The molecular weight excluding hydrogens is 400 g/mol. The van der Waals surface area contributed by atoms with Gasteiger partial charge in [0, 0.05) is 12.2 Å². The summed E-state index contributed by atoms with van der Waals surface area (Å²) in [5.74, 6) is 0.199. The van der Waals surface area contributed by atoms with Crippen molar-refractivity contribution in [3.8, 4) is 0 Å². The average molecular weight is 445 g/mol. The smallest absolute Gasteiger partial charge is 0.170 e. The highest BCUT2D eigenvalue weighted by molar-refractivity contribution is 7.92. The van der Waals surface area contributed by atoms with Crippen LogP contribution in [0.25, 0.3) is 0 Å². The molecule has 0 radical (unpaired) electrons. The van der Waals surface area contributed by atoms with Gasteiger partial charge in [-0.2, -0.15) is 0 Å². The van der Waals surface area contributed by atoms with Crippen molar-refractivity contribution < 1.29 is 8.42 Å². The van der Waals surface area contributed by atoms with Crippen LogP contribution in [0.3, 0.4) is 0 Å². The van der Waals surface area contributed by atoms with E-state index >= 15 is 0 Å². The van der Waals surface area contributed by atoms with Gasteiger partial charge in [0.05, 0.1) is 11.5 Å². The van der Waals surface area contributed by atoms with Gasteiger partial charge in [0.2, 0.25) is 0 Å². The number of thiocarbonyl (C=S) groups is 1. The highest BCUT2D eigenvalue weighted by Gasteiger charge is 2.19. The molecule has 2 N–H and O–H groups in total. The standard InChI is InChI=1S/C23H44N2O2S2/c1-2-3-4-5-6-7-8-9-10-11-12-13-14-15-16-17-19-24-23(28)25-22-18-20-29(26,27)21-22/h18H,2-17,19-21H2,1H3,(H2,24,25,28). The van der Waals surface area contributed by atoms with E-state index in [9.17, 15) is 8.42 Å². The van der Waals surface area contributed by atoms with E-state index in [1.54, 1.807) is 6.08 Å². The predicted molar refractivity (Wildman–Crippen MR) is 130 cm³/mol. The van der Waals surface area contributed by atoms with Crippen LogP contribution < -0.4 is 10.6 Å². The van der Waals surface area contributed by atoms with Gasteiger partial charge in [-0.15, -0.1) is 0 Å². The molecule has 0 unspecified atom stereocenters. The third kappa shape index (κ3) is 15.8. The molecule has 0 aromatic rings. The van der Waals surface area contributed by atoms with Crippen molar-refractivity contribution in [2.45, 2.75) is 110 Å². The normalized spacial score (nSPS) is 15.3. The zero-order valence-electron chi connectivity index (χ0n) is 18.6. The molecule has 4 nitrogen and oxygen atoms in total. The molecule has 0 saturated carbocycles. The first kappa shape index (κ1) is 26.4. The van der Waals surface area contributed by atoms with Crippen LogP contribution in [-0.2, 0) is 9.84 Å². The van der Waals surface area contributed by atoms with Gasteiger partial charge in [-0.1, -0.05) is 103 Å². The number of nitrogens with one attached hydrogen (secondary N) is 2. The summed E-state index contributed by atoms with van der Waals surface area (Å²) < 4.78 is 22.8. The summed E-state index contributed by atoms with van der Waals surface area (Å²) in [5, 5.41) is 6.70. The summed E-state index contributed by atoms with van der Waals surface area (Å²) >= 11 is 5.22. The van der Waals surface area contributed by atoms with Gasteiger partial charge < -0.3 is 10.6 Å². The number of unbranched alkanes of at least 4 members (excludes halogenated alkanes) is 15. The van der Waals surface area contributed by atoms with Crippen LogP contribution >= 0.6 is 12.2 Å². The quantitative estimate of drug-likeness (QED) is 0.200. The third-order valence-corrected chi connectivity index (χ3v) is 7.22. The number of hydrogen-bond acceptors (Lipinski definition) is 3. The molecule has 0 spiro atoms. The zero-order valence-corrected chi connectivity index (χ0v) is 20.3. The minimum absolute atomic E-state index is 0.0772. The van der Waals surface area contributed by atoms with Gasteiger partial charge in [-0.05, 0) is 24.7 Å². The maximum Gasteiger partial charge on any atom is 0.170 e. The Morgan fingerprint density at radius 2 is 1.28 bits per heavy atom. The van der Waals surface area contributed by atoms with Crippen LogP contribution in [0.2, 0.25) is 0 Å². The lowest BCUT2D eigenvalue weighted by atomic mass is 10.0. The van der Waals surface area contributed by atoms with E-state index in [-0.39, 0.29) is 11.5 Å². The molecule has 29 heavy (non-hydrogen) atoms. The molecule has 0 atom stereocenters. The minimum Gasteiger partial charge on any atom is -0.362 e. The molecule has 1 heterocycles. The molecule has 0 aromatic carbocycles. The third-order valence-electron chi connectivity index (χ3n) is 5.55. The maximum atomic E-state index is 11.4. The number of hydrogen-bond donors (Lipinski definition) is 2. The molecule has 0 aliphatic carbocycles. The van der Waals surface area contributed by atoms with Crippen LogP contribution in [-0.4, -0.2) is 31.6 Å². The summed E-state index contributed by atoms with van der Waals surface area (Å²) in [4.78, 5) is 0. The van der Waals surface area contributed by atoms with Gasteiger partial charge in [0.25, 0.3) is 0 Å². The van der Waals surface area contributed by atoms with Gasteiger partial charge in [-0.3, -0.25) is 0 Å². The first-order chi connectivity index (χ1) is 14.0. The van der Waals surface area contributed by atoms with E-state index in [0.717, 1.165) is 13.0 Å². The largest absolute Gasteiger partial charge is 0.362 e. The van der Waals surface area contributed by atoms with Crippen LogP contribution in [0.15, 0.2) is 11.8 Å². The Labute approximate surface area is 185 Å².